The van der Waals surface area contributed by atoms with Gasteiger partial charge in [0.25, 0.3) is 11.8 Å². The highest BCUT2D eigenvalue weighted by Gasteiger charge is 2.33. The van der Waals surface area contributed by atoms with Gasteiger partial charge in [0.2, 0.25) is 0 Å². The summed E-state index contributed by atoms with van der Waals surface area (Å²) >= 11 is 0. The topological polar surface area (TPSA) is 46.6 Å². The van der Waals surface area contributed by atoms with Crippen molar-refractivity contribution in [3.05, 3.63) is 71.8 Å². The summed E-state index contributed by atoms with van der Waals surface area (Å²) in [5.74, 6) is 0.847. The van der Waals surface area contributed by atoms with Crippen molar-refractivity contribution in [1.82, 2.24) is 0 Å². The number of anilines is 1. The lowest BCUT2D eigenvalue weighted by Gasteiger charge is -2.27. The minimum atomic E-state index is -0.283. The van der Waals surface area contributed by atoms with Gasteiger partial charge in [-0.25, -0.2) is 4.90 Å². The molecule has 2 amide bonds. The van der Waals surface area contributed by atoms with E-state index in [1.807, 2.05) is 36.4 Å². The number of carbonyl (C=O) groups is 2. The van der Waals surface area contributed by atoms with E-state index < -0.39 is 0 Å². The fourth-order valence-electron chi connectivity index (χ4n) is 4.35. The highest BCUT2D eigenvalue weighted by molar-refractivity contribution is 6.35. The molecule has 1 heterocycles. The number of carbonyl (C=O) groups excluding carboxylic acids is 2. The van der Waals surface area contributed by atoms with Gasteiger partial charge in [-0.3, -0.25) is 9.59 Å². The molecule has 0 N–H and O–H groups in total. The lowest BCUT2D eigenvalue weighted by molar-refractivity contribution is 0.0893. The van der Waals surface area contributed by atoms with Crippen LogP contribution in [0.5, 0.6) is 5.75 Å². The molecule has 4 nitrogen and oxygen atoms in total. The number of rotatable bonds is 4. The molecule has 0 bridgehead atoms. The number of nitrogens with zero attached hydrogens (tertiary/aromatic N) is 1. The van der Waals surface area contributed by atoms with Crippen LogP contribution in [0.4, 0.5) is 5.69 Å². The Labute approximate surface area is 163 Å². The zero-order valence-corrected chi connectivity index (χ0v) is 15.6. The molecule has 3 aromatic rings. The molecule has 0 unspecified atom stereocenters. The van der Waals surface area contributed by atoms with E-state index in [9.17, 15) is 9.59 Å². The van der Waals surface area contributed by atoms with Gasteiger partial charge in [0.1, 0.15) is 5.75 Å². The van der Waals surface area contributed by atoms with Gasteiger partial charge in [-0.1, -0.05) is 37.1 Å². The summed E-state index contributed by atoms with van der Waals surface area (Å²) in [4.78, 5) is 27.4. The SMILES string of the molecule is O=C1c2cccc3cccc(c23)C(=O)N1c1ccc(OCC2CCCC2)cc1. The van der Waals surface area contributed by atoms with Crippen molar-refractivity contribution in [2.75, 3.05) is 11.5 Å². The number of hydrogen-bond donors (Lipinski definition) is 0. The number of hydrogen-bond acceptors (Lipinski definition) is 3. The third-order valence-corrected chi connectivity index (χ3v) is 5.83. The smallest absolute Gasteiger partial charge is 0.265 e. The van der Waals surface area contributed by atoms with Crippen LogP contribution in [-0.4, -0.2) is 18.4 Å². The number of imide groups is 1. The van der Waals surface area contributed by atoms with Crippen LogP contribution in [0, 0.1) is 5.92 Å². The van der Waals surface area contributed by atoms with Crippen LogP contribution in [0.3, 0.4) is 0 Å². The quantitative estimate of drug-likeness (QED) is 0.592. The Morgan fingerprint density at radius 3 is 2.04 bits per heavy atom. The van der Waals surface area contributed by atoms with Crippen LogP contribution in [0.25, 0.3) is 10.8 Å². The largest absolute Gasteiger partial charge is 0.493 e. The van der Waals surface area contributed by atoms with E-state index in [-0.39, 0.29) is 11.8 Å². The van der Waals surface area contributed by atoms with Crippen molar-refractivity contribution in [1.29, 1.82) is 0 Å². The lowest BCUT2D eigenvalue weighted by atomic mass is 9.94. The fraction of sp³-hybridized carbons (Fsp3) is 0.250. The van der Waals surface area contributed by atoms with Gasteiger partial charge in [0.15, 0.2) is 0 Å². The fourth-order valence-corrected chi connectivity index (χ4v) is 4.35. The van der Waals surface area contributed by atoms with Crippen LogP contribution in [0.2, 0.25) is 0 Å². The Hall–Kier alpha value is -3.14. The Kier molecular flexibility index (Phi) is 4.12. The molecule has 3 aromatic carbocycles. The van der Waals surface area contributed by atoms with Crippen molar-refractivity contribution >= 4 is 28.3 Å². The molecule has 0 spiro atoms. The first-order valence-corrected chi connectivity index (χ1v) is 9.86. The predicted octanol–water partition coefficient (Wildman–Crippen LogP) is 5.21. The van der Waals surface area contributed by atoms with Crippen molar-refractivity contribution in [3.63, 3.8) is 0 Å². The highest BCUT2D eigenvalue weighted by atomic mass is 16.5. The van der Waals surface area contributed by atoms with Crippen LogP contribution in [-0.2, 0) is 0 Å². The number of amides is 2. The number of ether oxygens (including phenoxy) is 1. The van der Waals surface area contributed by atoms with E-state index in [0.717, 1.165) is 23.1 Å². The van der Waals surface area contributed by atoms with Crippen LogP contribution in [0.15, 0.2) is 60.7 Å². The summed E-state index contributed by atoms with van der Waals surface area (Å²) in [6.07, 6.45) is 5.06. The maximum atomic E-state index is 13.1. The van der Waals surface area contributed by atoms with Crippen LogP contribution < -0.4 is 9.64 Å². The molecule has 140 valence electrons. The summed E-state index contributed by atoms with van der Waals surface area (Å²) in [7, 11) is 0. The summed E-state index contributed by atoms with van der Waals surface area (Å²) in [5.41, 5.74) is 1.69. The van der Waals surface area contributed by atoms with Crippen LogP contribution in [0.1, 0.15) is 46.4 Å². The van der Waals surface area contributed by atoms with E-state index in [2.05, 4.69) is 0 Å². The van der Waals surface area contributed by atoms with E-state index in [1.54, 1.807) is 24.3 Å². The van der Waals surface area contributed by atoms with E-state index in [0.29, 0.717) is 22.7 Å². The third kappa shape index (κ3) is 2.76. The van der Waals surface area contributed by atoms with Gasteiger partial charge in [0.05, 0.1) is 12.3 Å². The molecule has 1 fully saturated rings. The second-order valence-corrected chi connectivity index (χ2v) is 7.61. The minimum absolute atomic E-state index is 0.283. The predicted molar refractivity (Wildman–Crippen MR) is 109 cm³/mol. The molecule has 1 aliphatic heterocycles. The summed E-state index contributed by atoms with van der Waals surface area (Å²) in [6.45, 7) is 0.732. The molecule has 5 rings (SSSR count). The van der Waals surface area contributed by atoms with Gasteiger partial charge in [0, 0.05) is 16.5 Å². The normalized spacial score (nSPS) is 16.8. The molecule has 0 atom stereocenters. The first kappa shape index (κ1) is 17.0. The lowest BCUT2D eigenvalue weighted by Crippen LogP contribution is -2.40. The average molecular weight is 371 g/mol. The Morgan fingerprint density at radius 2 is 1.43 bits per heavy atom. The highest BCUT2D eigenvalue weighted by Crippen LogP contribution is 2.33. The zero-order chi connectivity index (χ0) is 19.1. The molecule has 2 aliphatic rings. The second kappa shape index (κ2) is 6.79. The molecule has 1 saturated carbocycles. The summed E-state index contributed by atoms with van der Waals surface area (Å²) < 4.78 is 5.90. The average Bonchev–Trinajstić information content (AvgIpc) is 3.25. The van der Waals surface area contributed by atoms with Gasteiger partial charge in [-0.05, 0) is 60.5 Å². The molecule has 4 heteroatoms. The molecule has 0 saturated heterocycles. The maximum absolute atomic E-state index is 13.1. The van der Waals surface area contributed by atoms with E-state index in [4.69, 9.17) is 4.74 Å². The molecule has 28 heavy (non-hydrogen) atoms. The molecular weight excluding hydrogens is 350 g/mol. The van der Waals surface area contributed by atoms with E-state index >= 15 is 0 Å². The van der Waals surface area contributed by atoms with Gasteiger partial charge in [-0.15, -0.1) is 0 Å². The van der Waals surface area contributed by atoms with Crippen molar-refractivity contribution in [3.8, 4) is 5.75 Å². The molecule has 0 radical (unpaired) electrons. The Morgan fingerprint density at radius 1 is 0.821 bits per heavy atom. The Bertz CT molecular complexity index is 1010. The summed E-state index contributed by atoms with van der Waals surface area (Å²) in [5, 5.41) is 1.65. The molecular formula is C24H21NO3. The Balaban J connectivity index is 1.43. The first-order valence-electron chi connectivity index (χ1n) is 9.86. The van der Waals surface area contributed by atoms with Crippen molar-refractivity contribution in [2.24, 2.45) is 5.92 Å². The van der Waals surface area contributed by atoms with Gasteiger partial charge < -0.3 is 4.74 Å². The molecule has 1 aliphatic carbocycles. The van der Waals surface area contributed by atoms with E-state index in [1.165, 1.54) is 30.6 Å². The van der Waals surface area contributed by atoms with Gasteiger partial charge in [-0.2, -0.15) is 0 Å². The monoisotopic (exact) mass is 371 g/mol. The second-order valence-electron chi connectivity index (χ2n) is 7.61. The van der Waals surface area contributed by atoms with Crippen molar-refractivity contribution < 1.29 is 14.3 Å². The summed E-state index contributed by atoms with van der Waals surface area (Å²) in [6, 6.07) is 18.4. The van der Waals surface area contributed by atoms with Crippen molar-refractivity contribution in [2.45, 2.75) is 25.7 Å². The number of benzene rings is 3. The minimum Gasteiger partial charge on any atom is -0.493 e. The zero-order valence-electron chi connectivity index (χ0n) is 15.6. The molecule has 0 aromatic heterocycles. The maximum Gasteiger partial charge on any atom is 0.265 e. The standard InChI is InChI=1S/C24H21NO3/c26-23-20-9-3-7-17-8-4-10-21(22(17)20)24(27)25(23)18-11-13-19(14-12-18)28-15-16-5-1-2-6-16/h3-4,7-14,16H,1-2,5-6,15H2. The first-order chi connectivity index (χ1) is 13.7. The van der Waals surface area contributed by atoms with Gasteiger partial charge >= 0.3 is 0 Å². The van der Waals surface area contributed by atoms with Crippen LogP contribution >= 0.6 is 0 Å². The third-order valence-electron chi connectivity index (χ3n) is 5.83.